The van der Waals surface area contributed by atoms with Gasteiger partial charge in [-0.15, -0.1) is 11.3 Å². The lowest BCUT2D eigenvalue weighted by molar-refractivity contribution is 0.0946. The van der Waals surface area contributed by atoms with Crippen molar-refractivity contribution in [2.75, 3.05) is 25.1 Å². The molecule has 1 atom stereocenters. The molecule has 1 aliphatic rings. The van der Waals surface area contributed by atoms with Gasteiger partial charge in [0.25, 0.3) is 5.91 Å². The maximum absolute atomic E-state index is 12.5. The van der Waals surface area contributed by atoms with Crippen LogP contribution >= 0.6 is 11.3 Å². The highest BCUT2D eigenvalue weighted by Crippen LogP contribution is 2.29. The summed E-state index contributed by atoms with van der Waals surface area (Å²) in [6, 6.07) is 9.63. The Balaban J connectivity index is 1.41. The number of aromatic amines is 1. The van der Waals surface area contributed by atoms with Gasteiger partial charge in [-0.2, -0.15) is 5.10 Å². The molecule has 1 aromatic carbocycles. The Morgan fingerprint density at radius 2 is 2.33 bits per heavy atom. The van der Waals surface area contributed by atoms with Gasteiger partial charge in [0.1, 0.15) is 11.4 Å². The first-order valence-corrected chi connectivity index (χ1v) is 9.77. The summed E-state index contributed by atoms with van der Waals surface area (Å²) in [5, 5.41) is 13.1. The van der Waals surface area contributed by atoms with Crippen molar-refractivity contribution in [3.63, 3.8) is 0 Å². The van der Waals surface area contributed by atoms with E-state index >= 15 is 0 Å². The molecule has 1 fully saturated rings. The summed E-state index contributed by atoms with van der Waals surface area (Å²) in [7, 11) is 1.62. The Morgan fingerprint density at radius 1 is 1.44 bits per heavy atom. The molecule has 8 heteroatoms. The molecule has 1 unspecified atom stereocenters. The predicted octanol–water partition coefficient (Wildman–Crippen LogP) is 2.94. The number of thiazole rings is 1. The molecule has 0 spiro atoms. The molecule has 2 N–H and O–H groups in total. The maximum atomic E-state index is 12.5. The highest BCUT2D eigenvalue weighted by Gasteiger charge is 2.27. The first-order valence-electron chi connectivity index (χ1n) is 8.89. The van der Waals surface area contributed by atoms with E-state index in [1.54, 1.807) is 24.5 Å². The van der Waals surface area contributed by atoms with Crippen molar-refractivity contribution in [1.29, 1.82) is 0 Å². The lowest BCUT2D eigenvalue weighted by atomic mass is 10.1. The van der Waals surface area contributed by atoms with Gasteiger partial charge in [-0.05, 0) is 31.0 Å². The van der Waals surface area contributed by atoms with E-state index in [1.165, 1.54) is 0 Å². The summed E-state index contributed by atoms with van der Waals surface area (Å²) in [5.74, 6) is 0.565. The molecular formula is C19H21N5O2S. The highest BCUT2D eigenvalue weighted by molar-refractivity contribution is 7.13. The molecule has 4 rings (SSSR count). The number of amides is 1. The zero-order valence-corrected chi connectivity index (χ0v) is 15.8. The van der Waals surface area contributed by atoms with Crippen LogP contribution in [-0.2, 0) is 0 Å². The largest absolute Gasteiger partial charge is 0.496 e. The number of methoxy groups -OCH3 is 1. The van der Waals surface area contributed by atoms with E-state index in [4.69, 9.17) is 4.74 Å². The molecule has 7 nitrogen and oxygen atoms in total. The fourth-order valence-corrected chi connectivity index (χ4v) is 4.14. The van der Waals surface area contributed by atoms with Crippen molar-refractivity contribution in [2.24, 2.45) is 0 Å². The van der Waals surface area contributed by atoms with Crippen LogP contribution in [0.15, 0.2) is 41.9 Å². The minimum atomic E-state index is -0.158. The number of carbonyl (C=O) groups is 1. The van der Waals surface area contributed by atoms with Gasteiger partial charge in [-0.1, -0.05) is 12.1 Å². The Kier molecular flexibility index (Phi) is 5.06. The third kappa shape index (κ3) is 3.66. The van der Waals surface area contributed by atoms with E-state index in [0.29, 0.717) is 17.9 Å². The standard InChI is InChI=1S/C19H21N5O2S/c1-26-17-7-3-2-6-14(17)15-11-16(23-22-15)18(25)21-12-13-5-4-9-24(13)19-20-8-10-27-19/h2-3,6-8,10-11,13H,4-5,9,12H2,1H3,(H,21,25)(H,22,23). The van der Waals surface area contributed by atoms with Crippen LogP contribution in [0, 0.1) is 0 Å². The minimum Gasteiger partial charge on any atom is -0.496 e. The van der Waals surface area contributed by atoms with Crippen LogP contribution < -0.4 is 15.0 Å². The maximum Gasteiger partial charge on any atom is 0.269 e. The molecule has 3 heterocycles. The topological polar surface area (TPSA) is 83.1 Å². The van der Waals surface area contributed by atoms with Gasteiger partial charge in [0.05, 0.1) is 12.8 Å². The molecule has 3 aromatic rings. The zero-order valence-electron chi connectivity index (χ0n) is 15.0. The fraction of sp³-hybridized carbons (Fsp3) is 0.316. The second-order valence-electron chi connectivity index (χ2n) is 6.38. The van der Waals surface area contributed by atoms with Gasteiger partial charge in [0, 0.05) is 36.3 Å². The van der Waals surface area contributed by atoms with Crippen molar-refractivity contribution in [3.05, 3.63) is 47.6 Å². The predicted molar refractivity (Wildman–Crippen MR) is 105 cm³/mol. The van der Waals surface area contributed by atoms with Crippen molar-refractivity contribution < 1.29 is 9.53 Å². The van der Waals surface area contributed by atoms with Crippen LogP contribution in [0.3, 0.4) is 0 Å². The number of hydrogen-bond acceptors (Lipinski definition) is 6. The van der Waals surface area contributed by atoms with Crippen molar-refractivity contribution in [2.45, 2.75) is 18.9 Å². The molecule has 0 bridgehead atoms. The van der Waals surface area contributed by atoms with Gasteiger partial charge in [0.2, 0.25) is 0 Å². The van der Waals surface area contributed by atoms with Gasteiger partial charge in [0.15, 0.2) is 5.13 Å². The van der Waals surface area contributed by atoms with Crippen LogP contribution in [0.1, 0.15) is 23.3 Å². The molecule has 140 valence electrons. The molecule has 27 heavy (non-hydrogen) atoms. The van der Waals surface area contributed by atoms with Gasteiger partial charge >= 0.3 is 0 Å². The smallest absolute Gasteiger partial charge is 0.269 e. The second kappa shape index (κ2) is 7.79. The average molecular weight is 383 g/mol. The number of aromatic nitrogens is 3. The summed E-state index contributed by atoms with van der Waals surface area (Å²) >= 11 is 1.63. The summed E-state index contributed by atoms with van der Waals surface area (Å²) in [6.45, 7) is 1.57. The highest BCUT2D eigenvalue weighted by atomic mass is 32.1. The van der Waals surface area contributed by atoms with Crippen molar-refractivity contribution in [1.82, 2.24) is 20.5 Å². The van der Waals surface area contributed by atoms with E-state index < -0.39 is 0 Å². The average Bonchev–Trinajstić information content (AvgIpc) is 3.47. The quantitative estimate of drug-likeness (QED) is 0.684. The first kappa shape index (κ1) is 17.5. The third-order valence-electron chi connectivity index (χ3n) is 4.75. The Bertz CT molecular complexity index is 908. The molecule has 0 radical (unpaired) electrons. The van der Waals surface area contributed by atoms with Crippen molar-refractivity contribution >= 4 is 22.4 Å². The minimum absolute atomic E-state index is 0.158. The lowest BCUT2D eigenvalue weighted by Gasteiger charge is -2.24. The van der Waals surface area contributed by atoms with Gasteiger partial charge in [-0.25, -0.2) is 4.98 Å². The molecule has 2 aromatic heterocycles. The van der Waals surface area contributed by atoms with Crippen LogP contribution in [0.5, 0.6) is 5.75 Å². The zero-order chi connectivity index (χ0) is 18.6. The van der Waals surface area contributed by atoms with Crippen LogP contribution in [0.2, 0.25) is 0 Å². The molecule has 1 aliphatic heterocycles. The molecule has 1 amide bonds. The molecule has 0 saturated carbocycles. The SMILES string of the molecule is COc1ccccc1-c1cc(C(=O)NCC2CCCN2c2nccs2)[nH]n1. The van der Waals surface area contributed by atoms with Crippen LogP contribution in [-0.4, -0.2) is 47.3 Å². The van der Waals surface area contributed by atoms with E-state index in [1.807, 2.05) is 35.8 Å². The fourth-order valence-electron chi connectivity index (χ4n) is 3.40. The monoisotopic (exact) mass is 383 g/mol. The number of benzene rings is 1. The third-order valence-corrected chi connectivity index (χ3v) is 5.55. The number of para-hydroxylation sites is 1. The second-order valence-corrected chi connectivity index (χ2v) is 7.25. The lowest BCUT2D eigenvalue weighted by Crippen LogP contribution is -2.40. The van der Waals surface area contributed by atoms with E-state index in [-0.39, 0.29) is 11.9 Å². The van der Waals surface area contributed by atoms with Crippen LogP contribution in [0.25, 0.3) is 11.3 Å². The molecular weight excluding hydrogens is 362 g/mol. The Labute approximate surface area is 161 Å². The number of carbonyl (C=O) groups excluding carboxylic acids is 1. The number of anilines is 1. The summed E-state index contributed by atoms with van der Waals surface area (Å²) in [4.78, 5) is 19.2. The van der Waals surface area contributed by atoms with Gasteiger partial charge < -0.3 is 15.0 Å². The summed E-state index contributed by atoms with van der Waals surface area (Å²) in [5.41, 5.74) is 1.97. The summed E-state index contributed by atoms with van der Waals surface area (Å²) < 4.78 is 5.37. The van der Waals surface area contributed by atoms with E-state index in [0.717, 1.165) is 35.8 Å². The number of nitrogens with one attached hydrogen (secondary N) is 2. The van der Waals surface area contributed by atoms with Gasteiger partial charge in [-0.3, -0.25) is 9.89 Å². The molecule has 1 saturated heterocycles. The number of hydrogen-bond donors (Lipinski definition) is 2. The van der Waals surface area contributed by atoms with E-state index in [9.17, 15) is 4.79 Å². The molecule has 0 aliphatic carbocycles. The number of nitrogens with zero attached hydrogens (tertiary/aromatic N) is 3. The Hall–Kier alpha value is -2.87. The normalized spacial score (nSPS) is 16.5. The van der Waals surface area contributed by atoms with Crippen LogP contribution in [0.4, 0.5) is 5.13 Å². The number of H-pyrrole nitrogens is 1. The summed E-state index contributed by atoms with van der Waals surface area (Å²) in [6.07, 6.45) is 3.98. The first-order chi connectivity index (χ1) is 13.3. The Morgan fingerprint density at radius 3 is 3.15 bits per heavy atom. The van der Waals surface area contributed by atoms with Crippen molar-refractivity contribution in [3.8, 4) is 17.0 Å². The number of rotatable bonds is 6. The number of ether oxygens (including phenoxy) is 1. The van der Waals surface area contributed by atoms with E-state index in [2.05, 4.69) is 25.4 Å².